The van der Waals surface area contributed by atoms with E-state index in [-0.39, 0.29) is 18.0 Å². The number of esters is 1. The molecule has 0 N–H and O–H groups in total. The number of piperazine rings is 1. The zero-order valence-corrected chi connectivity index (χ0v) is 20.2. The van der Waals surface area contributed by atoms with Crippen LogP contribution in [0.25, 0.3) is 5.57 Å². The molecule has 1 aliphatic carbocycles. The first-order valence-corrected chi connectivity index (χ1v) is 11.7. The van der Waals surface area contributed by atoms with Crippen LogP contribution in [0.5, 0.6) is 0 Å². The van der Waals surface area contributed by atoms with Gasteiger partial charge in [-0.25, -0.2) is 4.79 Å². The molecule has 1 unspecified atom stereocenters. The fraction of sp³-hybridized carbons (Fsp3) is 0.600. The summed E-state index contributed by atoms with van der Waals surface area (Å²) in [6.45, 7) is 9.27. The second-order valence-corrected chi connectivity index (χ2v) is 9.64. The smallest absolute Gasteiger partial charge is 0.416 e. The van der Waals surface area contributed by atoms with Crippen LogP contribution in [0.1, 0.15) is 58.1 Å². The third kappa shape index (κ3) is 6.45. The van der Waals surface area contributed by atoms with Crippen LogP contribution in [0, 0.1) is 5.92 Å². The van der Waals surface area contributed by atoms with Gasteiger partial charge in [0.2, 0.25) is 0 Å². The molecule has 34 heavy (non-hydrogen) atoms. The number of carbonyl (C=O) groups excluding carboxylic acids is 2. The maximum absolute atomic E-state index is 13.5. The van der Waals surface area contributed by atoms with Gasteiger partial charge in [0.1, 0.15) is 5.60 Å². The minimum Gasteiger partial charge on any atom is -0.466 e. The summed E-state index contributed by atoms with van der Waals surface area (Å²) in [5.74, 6) is -0.532. The van der Waals surface area contributed by atoms with Crippen molar-refractivity contribution in [3.05, 3.63) is 35.4 Å². The first-order valence-electron chi connectivity index (χ1n) is 11.7. The Morgan fingerprint density at radius 3 is 2.29 bits per heavy atom. The Morgan fingerprint density at radius 2 is 1.76 bits per heavy atom. The molecule has 0 spiro atoms. The quantitative estimate of drug-likeness (QED) is 0.530. The molecule has 1 saturated heterocycles. The first kappa shape index (κ1) is 25.9. The topological polar surface area (TPSA) is 59.1 Å². The summed E-state index contributed by atoms with van der Waals surface area (Å²) in [4.78, 5) is 28.1. The number of nitrogens with zero attached hydrogens (tertiary/aromatic N) is 2. The van der Waals surface area contributed by atoms with Gasteiger partial charge in [-0.1, -0.05) is 6.08 Å². The number of hydrogen-bond donors (Lipinski definition) is 0. The van der Waals surface area contributed by atoms with Crippen molar-refractivity contribution < 1.29 is 32.2 Å². The monoisotopic (exact) mass is 482 g/mol. The van der Waals surface area contributed by atoms with E-state index >= 15 is 0 Å². The van der Waals surface area contributed by atoms with Crippen LogP contribution in [0.4, 0.5) is 23.7 Å². The molecule has 1 aromatic rings. The van der Waals surface area contributed by atoms with Crippen molar-refractivity contribution in [2.45, 2.75) is 58.7 Å². The highest BCUT2D eigenvalue weighted by molar-refractivity contribution is 5.81. The largest absolute Gasteiger partial charge is 0.466 e. The van der Waals surface area contributed by atoms with Gasteiger partial charge in [0.25, 0.3) is 0 Å². The lowest BCUT2D eigenvalue weighted by Gasteiger charge is -2.38. The molecule has 1 atom stereocenters. The third-order valence-electron chi connectivity index (χ3n) is 5.97. The minimum atomic E-state index is -4.45. The molecule has 1 heterocycles. The zero-order chi connectivity index (χ0) is 25.1. The number of carbonyl (C=O) groups is 2. The molecule has 0 bridgehead atoms. The van der Waals surface area contributed by atoms with E-state index in [0.29, 0.717) is 63.3 Å². The number of allylic oxidation sites excluding steroid dienone is 2. The van der Waals surface area contributed by atoms with E-state index in [4.69, 9.17) is 9.47 Å². The van der Waals surface area contributed by atoms with Gasteiger partial charge in [-0.15, -0.1) is 0 Å². The van der Waals surface area contributed by atoms with Crippen molar-refractivity contribution >= 4 is 23.3 Å². The molecular weight excluding hydrogens is 449 g/mol. The molecule has 1 aliphatic heterocycles. The Kier molecular flexibility index (Phi) is 7.83. The van der Waals surface area contributed by atoms with Crippen molar-refractivity contribution in [1.29, 1.82) is 0 Å². The molecule has 6 nitrogen and oxygen atoms in total. The average Bonchev–Trinajstić information content (AvgIpc) is 2.77. The van der Waals surface area contributed by atoms with Gasteiger partial charge >= 0.3 is 18.2 Å². The van der Waals surface area contributed by atoms with E-state index in [1.54, 1.807) is 32.6 Å². The molecule has 2 aliphatic rings. The molecule has 1 amide bonds. The lowest BCUT2D eigenvalue weighted by molar-refractivity contribution is -0.148. The van der Waals surface area contributed by atoms with E-state index in [0.717, 1.165) is 11.6 Å². The van der Waals surface area contributed by atoms with Gasteiger partial charge in [-0.2, -0.15) is 13.2 Å². The molecule has 3 rings (SSSR count). The summed E-state index contributed by atoms with van der Waals surface area (Å²) in [5, 5.41) is 0. The first-order chi connectivity index (χ1) is 15.9. The van der Waals surface area contributed by atoms with Crippen LogP contribution in [0.3, 0.4) is 0 Å². The number of rotatable bonds is 4. The van der Waals surface area contributed by atoms with E-state index < -0.39 is 17.3 Å². The number of alkyl halides is 3. The third-order valence-corrected chi connectivity index (χ3v) is 5.97. The highest BCUT2D eigenvalue weighted by Gasteiger charge is 2.33. The van der Waals surface area contributed by atoms with Crippen molar-refractivity contribution in [1.82, 2.24) is 4.90 Å². The summed E-state index contributed by atoms with van der Waals surface area (Å²) in [5.41, 5.74) is 0.743. The van der Waals surface area contributed by atoms with E-state index in [1.165, 1.54) is 12.1 Å². The Bertz CT molecular complexity index is 929. The number of benzene rings is 1. The molecule has 0 radical (unpaired) electrons. The van der Waals surface area contributed by atoms with Crippen LogP contribution in [-0.2, 0) is 20.4 Å². The standard InChI is InChI=1S/C25H33F3N2O4/c1-5-33-22(31)18-8-6-17(7-9-18)20-16-19(25(26,27)28)10-11-21(20)29-12-14-30(15-13-29)23(32)34-24(2,3)4/h6,10-11,16,18H,5,7-9,12-15H2,1-4H3. The van der Waals surface area contributed by atoms with Gasteiger partial charge < -0.3 is 19.3 Å². The Balaban J connectivity index is 1.81. The molecule has 1 aromatic carbocycles. The van der Waals surface area contributed by atoms with Gasteiger partial charge in [0, 0.05) is 37.4 Å². The fourth-order valence-electron chi connectivity index (χ4n) is 4.25. The number of amides is 1. The second-order valence-electron chi connectivity index (χ2n) is 9.64. The lowest BCUT2D eigenvalue weighted by atomic mass is 9.85. The highest BCUT2D eigenvalue weighted by atomic mass is 19.4. The normalized spacial score (nSPS) is 19.5. The molecule has 9 heteroatoms. The second kappa shape index (κ2) is 10.3. The molecule has 188 valence electrons. The van der Waals surface area contributed by atoms with Crippen LogP contribution >= 0.6 is 0 Å². The van der Waals surface area contributed by atoms with Crippen LogP contribution < -0.4 is 4.90 Å². The van der Waals surface area contributed by atoms with Gasteiger partial charge in [0.05, 0.1) is 18.1 Å². The summed E-state index contributed by atoms with van der Waals surface area (Å²) < 4.78 is 51.0. The van der Waals surface area contributed by atoms with Crippen LogP contribution in [0.2, 0.25) is 0 Å². The van der Waals surface area contributed by atoms with Crippen molar-refractivity contribution in [2.24, 2.45) is 5.92 Å². The highest BCUT2D eigenvalue weighted by Crippen LogP contribution is 2.40. The number of ether oxygens (including phenoxy) is 2. The SMILES string of the molecule is CCOC(=O)C1CC=C(c2cc(C(F)(F)F)ccc2N2CCN(C(=O)OC(C)(C)C)CC2)CC1. The molecule has 0 aromatic heterocycles. The maximum atomic E-state index is 13.5. The Morgan fingerprint density at radius 1 is 1.09 bits per heavy atom. The molecule has 0 saturated carbocycles. The van der Waals surface area contributed by atoms with Gasteiger partial charge in [0.15, 0.2) is 0 Å². The minimum absolute atomic E-state index is 0.264. The van der Waals surface area contributed by atoms with Crippen molar-refractivity contribution in [3.63, 3.8) is 0 Å². The summed E-state index contributed by atoms with van der Waals surface area (Å²) in [6.07, 6.45) is -1.51. The van der Waals surface area contributed by atoms with Crippen LogP contribution in [-0.4, -0.2) is 55.3 Å². The van der Waals surface area contributed by atoms with E-state index in [9.17, 15) is 22.8 Å². The summed E-state index contributed by atoms with van der Waals surface area (Å²) in [7, 11) is 0. The average molecular weight is 483 g/mol. The van der Waals surface area contributed by atoms with Gasteiger partial charge in [-0.05, 0) is 70.7 Å². The van der Waals surface area contributed by atoms with E-state index in [1.807, 2.05) is 11.0 Å². The fourth-order valence-corrected chi connectivity index (χ4v) is 4.25. The van der Waals surface area contributed by atoms with Crippen LogP contribution in [0.15, 0.2) is 24.3 Å². The molecular formula is C25H33F3N2O4. The van der Waals surface area contributed by atoms with E-state index in [2.05, 4.69) is 0 Å². The van der Waals surface area contributed by atoms with Crippen molar-refractivity contribution in [2.75, 3.05) is 37.7 Å². The Hall–Kier alpha value is -2.71. The molecule has 1 fully saturated rings. The van der Waals surface area contributed by atoms with Crippen molar-refractivity contribution in [3.8, 4) is 0 Å². The lowest BCUT2D eigenvalue weighted by Crippen LogP contribution is -2.50. The predicted molar refractivity (Wildman–Crippen MR) is 123 cm³/mol. The number of halogens is 3. The Labute approximate surface area is 198 Å². The number of hydrogen-bond acceptors (Lipinski definition) is 5. The van der Waals surface area contributed by atoms with Gasteiger partial charge in [-0.3, -0.25) is 4.79 Å². The zero-order valence-electron chi connectivity index (χ0n) is 20.2. The number of anilines is 1. The summed E-state index contributed by atoms with van der Waals surface area (Å²) >= 11 is 0. The summed E-state index contributed by atoms with van der Waals surface area (Å²) in [6, 6.07) is 3.82. The maximum Gasteiger partial charge on any atom is 0.416 e. The predicted octanol–water partition coefficient (Wildman–Crippen LogP) is 5.51.